The monoisotopic (exact) mass is 846 g/mol. The molecule has 0 aliphatic rings. The number of anilines is 4. The Morgan fingerprint density at radius 1 is 0.950 bits per heavy atom. The highest BCUT2D eigenvalue weighted by molar-refractivity contribution is 5.93. The van der Waals surface area contributed by atoms with E-state index >= 15 is 0 Å². The Bertz CT molecular complexity index is 2260. The van der Waals surface area contributed by atoms with E-state index in [9.17, 15) is 43.3 Å². The summed E-state index contributed by atoms with van der Waals surface area (Å²) >= 11 is 0. The van der Waals surface area contributed by atoms with E-state index < -0.39 is 45.2 Å². The molecule has 0 radical (unpaired) electrons. The molecule has 5 rings (SSSR count). The Hall–Kier alpha value is -7.01. The normalized spacial score (nSPS) is 11.4. The van der Waals surface area contributed by atoms with Crippen molar-refractivity contribution in [3.05, 3.63) is 91.8 Å². The van der Waals surface area contributed by atoms with E-state index in [1.807, 2.05) is 31.2 Å². The van der Waals surface area contributed by atoms with Crippen LogP contribution in [0.5, 0.6) is 17.2 Å². The van der Waals surface area contributed by atoms with Gasteiger partial charge in [0.05, 0.1) is 44.9 Å². The first-order chi connectivity index (χ1) is 28.2. The van der Waals surface area contributed by atoms with Gasteiger partial charge in [0.2, 0.25) is 17.6 Å². The number of nitro groups is 2. The first kappa shape index (κ1) is 47.4. The van der Waals surface area contributed by atoms with Crippen molar-refractivity contribution in [2.75, 3.05) is 57.1 Å². The van der Waals surface area contributed by atoms with Crippen molar-refractivity contribution in [3.8, 4) is 17.2 Å². The second-order valence-electron chi connectivity index (χ2n) is 12.9. The molecule has 7 N–H and O–H groups in total. The molecule has 3 aromatic carbocycles. The smallest absolute Gasteiger partial charge is 0.434 e. The van der Waals surface area contributed by atoms with Crippen molar-refractivity contribution in [2.45, 2.75) is 46.1 Å². The molecule has 0 saturated carbocycles. The fraction of sp³-hybridized carbons (Fsp3) is 0.351. The number of aryl methyl sites for hydroxylation is 1. The van der Waals surface area contributed by atoms with E-state index in [0.717, 1.165) is 39.8 Å². The van der Waals surface area contributed by atoms with Crippen molar-refractivity contribution in [2.24, 2.45) is 5.92 Å². The summed E-state index contributed by atoms with van der Waals surface area (Å²) in [5.74, 6) is 1.11. The van der Waals surface area contributed by atoms with Crippen LogP contribution in [-0.2, 0) is 28.8 Å². The number of nitro benzene ring substituents is 1. The van der Waals surface area contributed by atoms with Gasteiger partial charge in [-0.2, -0.15) is 18.2 Å². The van der Waals surface area contributed by atoms with Gasteiger partial charge in [-0.1, -0.05) is 24.9 Å². The van der Waals surface area contributed by atoms with E-state index in [0.29, 0.717) is 35.7 Å². The van der Waals surface area contributed by atoms with Gasteiger partial charge in [-0.25, -0.2) is 9.55 Å². The molecule has 0 fully saturated rings. The maximum Gasteiger partial charge on any atom is 0.434 e. The molecule has 2 aromatic heterocycles. The van der Waals surface area contributed by atoms with Crippen LogP contribution in [0.3, 0.4) is 0 Å². The average molecular weight is 847 g/mol. The second kappa shape index (κ2) is 21.1. The minimum atomic E-state index is -4.86. The Balaban J connectivity index is 0.000000255. The van der Waals surface area contributed by atoms with E-state index in [-0.39, 0.29) is 30.7 Å². The third-order valence-electron chi connectivity index (χ3n) is 8.34. The molecule has 1 unspecified atom stereocenters. The number of nitrogens with one attached hydrogen (secondary N) is 2. The number of nitrogens with zero attached hydrogens (tertiary/aromatic N) is 6. The molecule has 1 amide bonds. The predicted octanol–water partition coefficient (Wildman–Crippen LogP) is 5.75. The molecule has 0 aliphatic carbocycles. The van der Waals surface area contributed by atoms with Crippen LogP contribution in [0.2, 0.25) is 0 Å². The highest BCUT2D eigenvalue weighted by Crippen LogP contribution is 2.40. The summed E-state index contributed by atoms with van der Waals surface area (Å²) in [4.78, 5) is 42.5. The van der Waals surface area contributed by atoms with E-state index in [4.69, 9.17) is 30.4 Å². The first-order valence-electron chi connectivity index (χ1n) is 17.6. The number of rotatable bonds is 14. The van der Waals surface area contributed by atoms with Crippen molar-refractivity contribution in [1.29, 1.82) is 0 Å². The number of halogens is 3. The van der Waals surface area contributed by atoms with Gasteiger partial charge in [0, 0.05) is 54.5 Å². The second-order valence-corrected chi connectivity index (χ2v) is 12.9. The molecular weight excluding hydrogens is 801 g/mol. The van der Waals surface area contributed by atoms with Crippen LogP contribution in [-0.4, -0.2) is 81.5 Å². The molecule has 0 bridgehead atoms. The maximum absolute atomic E-state index is 12.7. The average Bonchev–Trinajstić information content (AvgIpc) is 3.65. The van der Waals surface area contributed by atoms with Crippen molar-refractivity contribution in [3.63, 3.8) is 0 Å². The van der Waals surface area contributed by atoms with E-state index in [1.54, 1.807) is 35.2 Å². The van der Waals surface area contributed by atoms with Crippen molar-refractivity contribution in [1.82, 2.24) is 19.5 Å². The Morgan fingerprint density at radius 2 is 1.60 bits per heavy atom. The highest BCUT2D eigenvalue weighted by atomic mass is 19.4. The number of aliphatic hydroxyl groups excluding tert-OH is 1. The minimum absolute atomic E-state index is 0.101. The maximum atomic E-state index is 12.7. The van der Waals surface area contributed by atoms with Gasteiger partial charge < -0.3 is 56.3 Å². The lowest BCUT2D eigenvalue weighted by molar-refractivity contribution is -0.397. The zero-order chi connectivity index (χ0) is 44.9. The topological polar surface area (TPSA) is 280 Å². The van der Waals surface area contributed by atoms with Crippen molar-refractivity contribution >= 4 is 51.6 Å². The summed E-state index contributed by atoms with van der Waals surface area (Å²) < 4.78 is 60.1. The number of aliphatic hydroxyl groups is 1. The van der Waals surface area contributed by atoms with Gasteiger partial charge in [-0.3, -0.25) is 14.9 Å². The predicted molar refractivity (Wildman–Crippen MR) is 215 cm³/mol. The molecule has 0 saturated heterocycles. The Kier molecular flexibility index (Phi) is 16.7. The number of hydrogen-bond donors (Lipinski definition) is 5. The third kappa shape index (κ3) is 12.5. The largest absolute Gasteiger partial charge is 0.493 e. The number of nitrogen functional groups attached to an aromatic ring is 2. The number of amides is 1. The number of benzene rings is 3. The number of carbonyl (C=O) groups is 1. The first-order valence-corrected chi connectivity index (χ1v) is 17.6. The number of carbonyl (C=O) groups excluding carboxylic acids is 1. The molecule has 5 aromatic rings. The zero-order valence-electron chi connectivity index (χ0n) is 33.6. The van der Waals surface area contributed by atoms with Crippen LogP contribution in [0.4, 0.5) is 47.9 Å². The van der Waals surface area contributed by atoms with Gasteiger partial charge in [0.15, 0.2) is 11.5 Å². The van der Waals surface area contributed by atoms with Crippen LogP contribution in [0.1, 0.15) is 30.5 Å². The number of hydrogen-bond acceptors (Lipinski definition) is 16. The summed E-state index contributed by atoms with van der Waals surface area (Å²) in [6, 6.07) is 9.94. The summed E-state index contributed by atoms with van der Waals surface area (Å²) in [6.07, 6.45) is -2.87. The number of alkyl halides is 3. The molecule has 324 valence electrons. The summed E-state index contributed by atoms with van der Waals surface area (Å²) in [7, 11) is 6.20. The Labute approximate surface area is 340 Å². The number of aromatic nitrogens is 4. The van der Waals surface area contributed by atoms with Crippen LogP contribution < -0.4 is 36.3 Å². The molecule has 2 heterocycles. The van der Waals surface area contributed by atoms with E-state index in [2.05, 4.69) is 25.6 Å². The number of nitrogens with two attached hydrogens (primary N) is 2. The lowest BCUT2D eigenvalue weighted by atomic mass is 10.0. The lowest BCUT2D eigenvalue weighted by Crippen LogP contribution is -2.21. The van der Waals surface area contributed by atoms with Gasteiger partial charge in [-0.05, 0) is 41.2 Å². The molecule has 0 aliphatic heterocycles. The highest BCUT2D eigenvalue weighted by Gasteiger charge is 2.38. The van der Waals surface area contributed by atoms with Crippen molar-refractivity contribution < 1.29 is 51.9 Å². The number of methoxy groups -OCH3 is 4. The van der Waals surface area contributed by atoms with Crippen LogP contribution in [0, 0.1) is 33.1 Å². The number of fused-ring (bicyclic) bond motifs is 1. The number of imidazole rings is 1. The van der Waals surface area contributed by atoms with Crippen LogP contribution in [0.25, 0.3) is 10.9 Å². The summed E-state index contributed by atoms with van der Waals surface area (Å²) in [5.41, 5.74) is 12.8. The van der Waals surface area contributed by atoms with Crippen LogP contribution >= 0.6 is 0 Å². The van der Waals surface area contributed by atoms with Crippen LogP contribution in [0.15, 0.2) is 54.9 Å². The fourth-order valence-corrected chi connectivity index (χ4v) is 5.43. The SMILES string of the molecule is CC(C)C(=O)Nc1ccc([N+](=O)[O-])c(C(F)(F)F)c1.COCC(O)Cn1ccnc1[N+](=O)[O-].COc1cc(NCc2ccc3nc(N)nc(N)c3c2C)cc(OC)c1OC. The molecule has 1 atom stereocenters. The molecule has 20 nitrogen and oxygen atoms in total. The minimum Gasteiger partial charge on any atom is -0.493 e. The zero-order valence-corrected chi connectivity index (χ0v) is 33.6. The molecule has 60 heavy (non-hydrogen) atoms. The Morgan fingerprint density at radius 3 is 2.13 bits per heavy atom. The summed E-state index contributed by atoms with van der Waals surface area (Å²) in [5, 5.41) is 36.7. The molecular formula is C37H45F3N10O10. The standard InChI is InChI=1S/C19H23N5O3.C11H11F3N2O3.C7H11N3O4/c1-10-11(5-6-13-16(10)18(20)24-19(21)23-13)9-22-12-7-14(25-2)17(27-4)15(8-12)26-3;1-6(2)10(17)15-7-3-4-9(16(18)19)8(5-7)11(12,13)14;1-14-5-6(11)4-9-3-2-8-7(9)10(12)13/h5-8,22H,9H2,1-4H3,(H4,20,21,23,24);3-6H,1-2H3,(H,15,17);2-3,6,11H,4-5H2,1H3. The fourth-order valence-electron chi connectivity index (χ4n) is 5.43. The van der Waals surface area contributed by atoms with Gasteiger partial charge in [0.1, 0.15) is 29.9 Å². The van der Waals surface area contributed by atoms with E-state index in [1.165, 1.54) is 24.1 Å². The summed E-state index contributed by atoms with van der Waals surface area (Å²) in [6.45, 7) is 5.95. The molecule has 23 heteroatoms. The molecule has 0 spiro atoms. The van der Waals surface area contributed by atoms with Gasteiger partial charge in [0.25, 0.3) is 5.69 Å². The van der Waals surface area contributed by atoms with Gasteiger partial charge >= 0.3 is 12.1 Å². The number of ether oxygens (including phenoxy) is 4. The quantitative estimate of drug-likeness (QED) is 0.0657. The van der Waals surface area contributed by atoms with Gasteiger partial charge in [-0.15, -0.1) is 0 Å². The lowest BCUT2D eigenvalue weighted by Gasteiger charge is -2.16. The third-order valence-corrected chi connectivity index (χ3v) is 8.34.